The quantitative estimate of drug-likeness (QED) is 0.432. The third-order valence-corrected chi connectivity index (χ3v) is 7.23. The third-order valence-electron chi connectivity index (χ3n) is 5.54. The van der Waals surface area contributed by atoms with Crippen LogP contribution < -0.4 is 4.90 Å². The maximum Gasteiger partial charge on any atom is 0.326 e. The van der Waals surface area contributed by atoms with Gasteiger partial charge in [-0.15, -0.1) is 0 Å². The first-order valence-corrected chi connectivity index (χ1v) is 11.8. The van der Waals surface area contributed by atoms with Crippen LogP contribution in [0.1, 0.15) is 12.5 Å². The molecule has 32 heavy (non-hydrogen) atoms. The summed E-state index contributed by atoms with van der Waals surface area (Å²) in [6.07, 6.45) is 1.84. The molecule has 0 radical (unpaired) electrons. The van der Waals surface area contributed by atoms with Gasteiger partial charge in [0.15, 0.2) is 0 Å². The highest BCUT2D eigenvalue weighted by Crippen LogP contribution is 2.33. The molecule has 0 unspecified atom stereocenters. The number of fused-ring (bicyclic) bond motifs is 1. The number of carboxylic acids is 1. The van der Waals surface area contributed by atoms with Crippen LogP contribution in [0.4, 0.5) is 5.69 Å². The Bertz CT molecular complexity index is 1330. The van der Waals surface area contributed by atoms with Gasteiger partial charge in [-0.25, -0.2) is 17.2 Å². The topological polar surface area (TPSA) is 79.6 Å². The Kier molecular flexibility index (Phi) is 6.01. The van der Waals surface area contributed by atoms with Gasteiger partial charge in [-0.1, -0.05) is 66.7 Å². The minimum Gasteiger partial charge on any atom is -0.480 e. The number of anilines is 1. The van der Waals surface area contributed by atoms with Crippen LogP contribution in [0, 0.1) is 0 Å². The van der Waals surface area contributed by atoms with Gasteiger partial charge in [0.05, 0.1) is 16.1 Å². The predicted octanol–water partition coefficient (Wildman–Crippen LogP) is 4.40. The second-order valence-electron chi connectivity index (χ2n) is 7.48. The zero-order valence-electron chi connectivity index (χ0n) is 17.6. The summed E-state index contributed by atoms with van der Waals surface area (Å²) in [7, 11) is -3.85. The highest BCUT2D eigenvalue weighted by Gasteiger charge is 2.29. The van der Waals surface area contributed by atoms with Crippen LogP contribution in [-0.4, -0.2) is 36.1 Å². The average Bonchev–Trinajstić information content (AvgIpc) is 3.20. The van der Waals surface area contributed by atoms with Gasteiger partial charge >= 0.3 is 5.97 Å². The van der Waals surface area contributed by atoms with Gasteiger partial charge in [0.1, 0.15) is 6.04 Å². The maximum atomic E-state index is 13.4. The van der Waals surface area contributed by atoms with Gasteiger partial charge in [-0.3, -0.25) is 0 Å². The number of aliphatic carboxylic acids is 1. The number of para-hydroxylation sites is 1. The van der Waals surface area contributed by atoms with Crippen molar-refractivity contribution in [2.45, 2.75) is 24.3 Å². The number of hydrogen-bond acceptors (Lipinski definition) is 4. The van der Waals surface area contributed by atoms with E-state index in [1.54, 1.807) is 47.4 Å². The fraction of sp³-hybridized carbons (Fsp3) is 0.160. The van der Waals surface area contributed by atoms with Crippen molar-refractivity contribution in [1.29, 1.82) is 0 Å². The Balaban J connectivity index is 1.85. The highest BCUT2D eigenvalue weighted by atomic mass is 32.2. The smallest absolute Gasteiger partial charge is 0.326 e. The van der Waals surface area contributed by atoms with Crippen molar-refractivity contribution in [2.75, 3.05) is 11.4 Å². The molecule has 7 heteroatoms. The molecule has 0 saturated carbocycles. The van der Waals surface area contributed by atoms with Gasteiger partial charge < -0.3 is 10.0 Å². The number of rotatable bonds is 8. The van der Waals surface area contributed by atoms with E-state index in [1.807, 2.05) is 49.4 Å². The molecule has 0 bridgehead atoms. The lowest BCUT2D eigenvalue weighted by Gasteiger charge is -2.29. The van der Waals surface area contributed by atoms with Crippen LogP contribution in [0.3, 0.4) is 0 Å². The lowest BCUT2D eigenvalue weighted by atomic mass is 10.0. The molecule has 1 N–H and O–H groups in total. The van der Waals surface area contributed by atoms with Gasteiger partial charge in [0.25, 0.3) is 10.0 Å². The van der Waals surface area contributed by atoms with Crippen LogP contribution in [0.15, 0.2) is 96.0 Å². The van der Waals surface area contributed by atoms with Crippen LogP contribution in [0.25, 0.3) is 10.9 Å². The molecule has 1 atom stereocenters. The predicted molar refractivity (Wildman–Crippen MR) is 126 cm³/mol. The fourth-order valence-electron chi connectivity index (χ4n) is 3.99. The van der Waals surface area contributed by atoms with E-state index in [9.17, 15) is 18.3 Å². The molecule has 0 spiro atoms. The summed E-state index contributed by atoms with van der Waals surface area (Å²) in [6.45, 7) is 2.28. The van der Waals surface area contributed by atoms with Crippen molar-refractivity contribution in [3.63, 3.8) is 0 Å². The Morgan fingerprint density at radius 1 is 0.938 bits per heavy atom. The molecule has 0 aliphatic rings. The largest absolute Gasteiger partial charge is 0.480 e. The second-order valence-corrected chi connectivity index (χ2v) is 9.29. The zero-order valence-corrected chi connectivity index (χ0v) is 18.4. The highest BCUT2D eigenvalue weighted by molar-refractivity contribution is 7.90. The van der Waals surface area contributed by atoms with Gasteiger partial charge in [-0.05, 0) is 30.7 Å². The van der Waals surface area contributed by atoms with E-state index in [-0.39, 0.29) is 4.90 Å². The van der Waals surface area contributed by atoms with Crippen LogP contribution in [0.2, 0.25) is 0 Å². The number of carboxylic acid groups (broad SMARTS) is 1. The summed E-state index contributed by atoms with van der Waals surface area (Å²) in [6, 6.07) is 24.0. The van der Waals surface area contributed by atoms with Crippen LogP contribution in [0.5, 0.6) is 0 Å². The molecular weight excluding hydrogens is 424 g/mol. The lowest BCUT2D eigenvalue weighted by Crippen LogP contribution is -2.43. The number of benzene rings is 3. The molecule has 0 aliphatic carbocycles. The van der Waals surface area contributed by atoms with E-state index < -0.39 is 22.0 Å². The van der Waals surface area contributed by atoms with E-state index in [4.69, 9.17) is 0 Å². The number of hydrogen-bond donors (Lipinski definition) is 1. The number of carbonyl (C=O) groups is 1. The molecule has 0 aliphatic heterocycles. The fourth-order valence-corrected chi connectivity index (χ4v) is 5.38. The Hall–Kier alpha value is -3.58. The van der Waals surface area contributed by atoms with E-state index >= 15 is 0 Å². The third kappa shape index (κ3) is 3.99. The van der Waals surface area contributed by atoms with Gasteiger partial charge in [-0.2, -0.15) is 0 Å². The molecule has 3 aromatic carbocycles. The molecule has 4 rings (SSSR count). The van der Waals surface area contributed by atoms with Crippen molar-refractivity contribution in [3.05, 3.63) is 96.7 Å². The number of nitrogens with zero attached hydrogens (tertiary/aromatic N) is 2. The lowest BCUT2D eigenvalue weighted by molar-refractivity contribution is -0.138. The first-order chi connectivity index (χ1) is 15.4. The van der Waals surface area contributed by atoms with Crippen LogP contribution >= 0.6 is 0 Å². The summed E-state index contributed by atoms with van der Waals surface area (Å²) in [5.74, 6) is -0.960. The maximum absolute atomic E-state index is 13.4. The molecule has 6 nitrogen and oxygen atoms in total. The van der Waals surface area contributed by atoms with E-state index in [1.165, 1.54) is 10.2 Å². The molecule has 4 aromatic rings. The minimum atomic E-state index is -3.85. The standard InChI is InChI=1S/C25H24N2O4S/c1-2-26(23(25(28)29)17-19-11-5-3-6-12-19)24-18-27(22-16-10-9-15-21(22)24)32(30,31)20-13-7-4-8-14-20/h3-16,18,23H,2,17H2,1H3,(H,28,29)/t23-/m0/s1. The Morgan fingerprint density at radius 2 is 1.53 bits per heavy atom. The monoisotopic (exact) mass is 448 g/mol. The Morgan fingerprint density at radius 3 is 2.16 bits per heavy atom. The number of aromatic nitrogens is 1. The summed E-state index contributed by atoms with van der Waals surface area (Å²) in [4.78, 5) is 14.2. The first-order valence-electron chi connectivity index (χ1n) is 10.4. The number of likely N-dealkylation sites (N-methyl/N-ethyl adjacent to an activating group) is 1. The van der Waals surface area contributed by atoms with Crippen molar-refractivity contribution < 1.29 is 18.3 Å². The second kappa shape index (κ2) is 8.88. The summed E-state index contributed by atoms with van der Waals surface area (Å²) >= 11 is 0. The molecule has 1 heterocycles. The van der Waals surface area contributed by atoms with Crippen molar-refractivity contribution in [1.82, 2.24) is 3.97 Å². The zero-order chi connectivity index (χ0) is 22.7. The van der Waals surface area contributed by atoms with E-state index in [2.05, 4.69) is 0 Å². The SMILES string of the molecule is CCN(c1cn(S(=O)(=O)c2ccccc2)c2ccccc12)[C@@H](Cc1ccccc1)C(=O)O. The van der Waals surface area contributed by atoms with Crippen LogP contribution in [-0.2, 0) is 21.2 Å². The van der Waals surface area contributed by atoms with Crippen molar-refractivity contribution in [2.24, 2.45) is 0 Å². The van der Waals surface area contributed by atoms with Gasteiger partial charge in [0.2, 0.25) is 0 Å². The molecule has 0 amide bonds. The van der Waals surface area contributed by atoms with Crippen molar-refractivity contribution >= 4 is 32.6 Å². The van der Waals surface area contributed by atoms with E-state index in [0.717, 1.165) is 5.56 Å². The minimum absolute atomic E-state index is 0.175. The molecular formula is C25H24N2O4S. The Labute approximate surface area is 187 Å². The summed E-state index contributed by atoms with van der Waals surface area (Å²) in [5.41, 5.74) is 1.98. The van der Waals surface area contributed by atoms with Gasteiger partial charge in [0, 0.05) is 24.5 Å². The van der Waals surface area contributed by atoms with Crippen molar-refractivity contribution in [3.8, 4) is 0 Å². The molecule has 164 valence electrons. The average molecular weight is 449 g/mol. The normalized spacial score (nSPS) is 12.5. The van der Waals surface area contributed by atoms with E-state index in [0.29, 0.717) is 29.6 Å². The first kappa shape index (κ1) is 21.6. The molecule has 0 fully saturated rings. The molecule has 0 saturated heterocycles. The summed E-state index contributed by atoms with van der Waals surface area (Å²) in [5, 5.41) is 10.7. The molecule has 1 aromatic heterocycles. The summed E-state index contributed by atoms with van der Waals surface area (Å²) < 4.78 is 28.0.